The Bertz CT molecular complexity index is 439. The predicted octanol–water partition coefficient (Wildman–Crippen LogP) is 1.20. The molecule has 0 radical (unpaired) electrons. The smallest absolute Gasteiger partial charge is 0.273 e. The van der Waals surface area contributed by atoms with Crippen LogP contribution in [-0.4, -0.2) is 22.7 Å². The van der Waals surface area contributed by atoms with E-state index in [1.54, 1.807) is 0 Å². The first kappa shape index (κ1) is 10.8. The van der Waals surface area contributed by atoms with Crippen LogP contribution in [0.25, 0.3) is 0 Å². The van der Waals surface area contributed by atoms with E-state index in [1.165, 1.54) is 23.7 Å². The molecule has 0 saturated heterocycles. The first-order valence-corrected chi connectivity index (χ1v) is 5.60. The number of amides is 1. The van der Waals surface area contributed by atoms with E-state index in [-0.39, 0.29) is 18.1 Å². The van der Waals surface area contributed by atoms with Crippen LogP contribution in [0.3, 0.4) is 0 Å². The van der Waals surface area contributed by atoms with Gasteiger partial charge in [-0.1, -0.05) is 5.16 Å². The normalized spacial score (nSPS) is 12.3. The zero-order valence-electron chi connectivity index (χ0n) is 8.29. The molecule has 0 bridgehead atoms. The van der Waals surface area contributed by atoms with E-state index in [0.717, 1.165) is 5.56 Å². The molecule has 84 valence electrons. The van der Waals surface area contributed by atoms with Crippen molar-refractivity contribution in [2.24, 2.45) is 0 Å². The third-order valence-electron chi connectivity index (χ3n) is 2.05. The van der Waals surface area contributed by atoms with Gasteiger partial charge in [0.25, 0.3) is 5.91 Å². The van der Waals surface area contributed by atoms with Gasteiger partial charge in [-0.2, -0.15) is 11.3 Å². The molecule has 0 aromatic carbocycles. The highest BCUT2D eigenvalue weighted by atomic mass is 32.1. The van der Waals surface area contributed by atoms with Crippen LogP contribution >= 0.6 is 11.3 Å². The lowest BCUT2D eigenvalue weighted by atomic mass is 10.2. The van der Waals surface area contributed by atoms with Crippen molar-refractivity contribution in [2.45, 2.75) is 6.10 Å². The summed E-state index contributed by atoms with van der Waals surface area (Å²) in [5.41, 5.74) is 1.00. The molecule has 0 aliphatic carbocycles. The summed E-state index contributed by atoms with van der Waals surface area (Å²) in [4.78, 5) is 11.4. The Morgan fingerprint density at radius 3 is 3.12 bits per heavy atom. The zero-order valence-corrected chi connectivity index (χ0v) is 9.11. The Kier molecular flexibility index (Phi) is 3.33. The summed E-state index contributed by atoms with van der Waals surface area (Å²) in [5, 5.41) is 19.5. The SMILES string of the molecule is O=C(NCC(O)c1ccsc1)c1ccon1. The maximum absolute atomic E-state index is 11.4. The number of thiophene rings is 1. The van der Waals surface area contributed by atoms with Crippen molar-refractivity contribution in [2.75, 3.05) is 6.54 Å². The number of aromatic nitrogens is 1. The average molecular weight is 238 g/mol. The Balaban J connectivity index is 1.86. The van der Waals surface area contributed by atoms with Crippen LogP contribution in [0.1, 0.15) is 22.2 Å². The minimum Gasteiger partial charge on any atom is -0.387 e. The van der Waals surface area contributed by atoms with Crippen molar-refractivity contribution in [1.82, 2.24) is 10.5 Å². The maximum atomic E-state index is 11.4. The molecule has 1 unspecified atom stereocenters. The fourth-order valence-corrected chi connectivity index (χ4v) is 1.90. The van der Waals surface area contributed by atoms with Crippen molar-refractivity contribution in [3.63, 3.8) is 0 Å². The highest BCUT2D eigenvalue weighted by molar-refractivity contribution is 7.07. The summed E-state index contributed by atoms with van der Waals surface area (Å²) in [7, 11) is 0. The predicted molar refractivity (Wildman–Crippen MR) is 58.1 cm³/mol. The van der Waals surface area contributed by atoms with Gasteiger partial charge in [-0.05, 0) is 22.4 Å². The van der Waals surface area contributed by atoms with Gasteiger partial charge in [0.15, 0.2) is 5.69 Å². The van der Waals surface area contributed by atoms with Crippen LogP contribution in [0, 0.1) is 0 Å². The van der Waals surface area contributed by atoms with Gasteiger partial charge >= 0.3 is 0 Å². The lowest BCUT2D eigenvalue weighted by Crippen LogP contribution is -2.28. The molecule has 2 aromatic heterocycles. The summed E-state index contributed by atoms with van der Waals surface area (Å²) in [6, 6.07) is 3.28. The molecule has 2 N–H and O–H groups in total. The van der Waals surface area contributed by atoms with Crippen molar-refractivity contribution < 1.29 is 14.4 Å². The molecule has 1 amide bonds. The molecule has 0 spiro atoms. The molecule has 0 saturated carbocycles. The fraction of sp³-hybridized carbons (Fsp3) is 0.200. The number of nitrogens with one attached hydrogen (secondary N) is 1. The molecule has 2 aromatic rings. The topological polar surface area (TPSA) is 75.4 Å². The highest BCUT2D eigenvalue weighted by Crippen LogP contribution is 2.15. The van der Waals surface area contributed by atoms with Gasteiger partial charge in [-0.25, -0.2) is 0 Å². The van der Waals surface area contributed by atoms with E-state index in [0.29, 0.717) is 0 Å². The lowest BCUT2D eigenvalue weighted by Gasteiger charge is -2.09. The third kappa shape index (κ3) is 2.47. The van der Waals surface area contributed by atoms with Crippen LogP contribution in [0.4, 0.5) is 0 Å². The highest BCUT2D eigenvalue weighted by Gasteiger charge is 2.12. The summed E-state index contributed by atoms with van der Waals surface area (Å²) in [6.45, 7) is 0.155. The fourth-order valence-electron chi connectivity index (χ4n) is 1.19. The van der Waals surface area contributed by atoms with Gasteiger partial charge < -0.3 is 14.9 Å². The van der Waals surface area contributed by atoms with E-state index in [2.05, 4.69) is 15.0 Å². The van der Waals surface area contributed by atoms with Crippen LogP contribution in [-0.2, 0) is 0 Å². The van der Waals surface area contributed by atoms with Gasteiger partial charge in [0.2, 0.25) is 0 Å². The molecule has 16 heavy (non-hydrogen) atoms. The summed E-state index contributed by atoms with van der Waals surface area (Å²) >= 11 is 1.50. The second kappa shape index (κ2) is 4.91. The molecule has 5 nitrogen and oxygen atoms in total. The second-order valence-corrected chi connectivity index (χ2v) is 3.95. The largest absolute Gasteiger partial charge is 0.387 e. The minimum atomic E-state index is -0.692. The quantitative estimate of drug-likeness (QED) is 0.839. The van der Waals surface area contributed by atoms with Crippen molar-refractivity contribution >= 4 is 17.2 Å². The Labute approximate surface area is 95.7 Å². The lowest BCUT2D eigenvalue weighted by molar-refractivity contribution is 0.0907. The van der Waals surface area contributed by atoms with Gasteiger partial charge in [0.05, 0.1) is 6.10 Å². The minimum absolute atomic E-state index is 0.155. The number of aliphatic hydroxyl groups is 1. The van der Waals surface area contributed by atoms with Crippen LogP contribution in [0.15, 0.2) is 33.7 Å². The van der Waals surface area contributed by atoms with Crippen molar-refractivity contribution in [3.8, 4) is 0 Å². The summed E-state index contributed by atoms with van der Waals surface area (Å²) in [5.74, 6) is -0.358. The Morgan fingerprint density at radius 1 is 1.62 bits per heavy atom. The molecule has 0 aliphatic rings. The number of nitrogens with zero attached hydrogens (tertiary/aromatic N) is 1. The molecular formula is C10H10N2O3S. The summed E-state index contributed by atoms with van der Waals surface area (Å²) in [6.07, 6.45) is 0.631. The standard InChI is InChI=1S/C10H10N2O3S/c13-9(7-2-4-16-6-7)5-11-10(14)8-1-3-15-12-8/h1-4,6,9,13H,5H2,(H,11,14). The first-order chi connectivity index (χ1) is 7.77. The summed E-state index contributed by atoms with van der Waals surface area (Å²) < 4.78 is 4.54. The van der Waals surface area contributed by atoms with Crippen molar-refractivity contribution in [1.29, 1.82) is 0 Å². The Morgan fingerprint density at radius 2 is 2.50 bits per heavy atom. The Hall–Kier alpha value is -1.66. The maximum Gasteiger partial charge on any atom is 0.273 e. The first-order valence-electron chi connectivity index (χ1n) is 4.66. The number of aliphatic hydroxyl groups excluding tert-OH is 1. The molecule has 1 atom stereocenters. The number of carbonyl (C=O) groups is 1. The molecule has 2 rings (SSSR count). The number of rotatable bonds is 4. The van der Waals surface area contributed by atoms with E-state index in [9.17, 15) is 9.90 Å². The van der Waals surface area contributed by atoms with Crippen LogP contribution < -0.4 is 5.32 Å². The van der Waals surface area contributed by atoms with E-state index in [1.807, 2.05) is 16.8 Å². The third-order valence-corrected chi connectivity index (χ3v) is 2.76. The van der Waals surface area contributed by atoms with Gasteiger partial charge in [-0.15, -0.1) is 0 Å². The molecule has 0 aliphatic heterocycles. The van der Waals surface area contributed by atoms with E-state index in [4.69, 9.17) is 0 Å². The molecule has 6 heteroatoms. The van der Waals surface area contributed by atoms with Crippen LogP contribution in [0.2, 0.25) is 0 Å². The monoisotopic (exact) mass is 238 g/mol. The van der Waals surface area contributed by atoms with Gasteiger partial charge in [0, 0.05) is 12.6 Å². The zero-order chi connectivity index (χ0) is 11.4. The van der Waals surface area contributed by atoms with Crippen molar-refractivity contribution in [3.05, 3.63) is 40.4 Å². The number of carbonyl (C=O) groups excluding carboxylic acids is 1. The van der Waals surface area contributed by atoms with E-state index < -0.39 is 6.10 Å². The van der Waals surface area contributed by atoms with E-state index >= 15 is 0 Å². The average Bonchev–Trinajstić information content (AvgIpc) is 2.95. The molecule has 2 heterocycles. The molecule has 0 fully saturated rings. The number of hydrogen-bond donors (Lipinski definition) is 2. The van der Waals surface area contributed by atoms with Crippen LogP contribution in [0.5, 0.6) is 0 Å². The van der Waals surface area contributed by atoms with Gasteiger partial charge in [0.1, 0.15) is 6.26 Å². The van der Waals surface area contributed by atoms with Gasteiger partial charge in [-0.3, -0.25) is 4.79 Å². The second-order valence-electron chi connectivity index (χ2n) is 3.17. The number of hydrogen-bond acceptors (Lipinski definition) is 5. The molecular weight excluding hydrogens is 228 g/mol.